The van der Waals surface area contributed by atoms with Crippen LogP contribution in [-0.2, 0) is 27.9 Å². The van der Waals surface area contributed by atoms with Crippen molar-refractivity contribution in [3.8, 4) is 0 Å². The number of phosphoric ester groups is 1. The van der Waals surface area contributed by atoms with Gasteiger partial charge in [0.15, 0.2) is 0 Å². The summed E-state index contributed by atoms with van der Waals surface area (Å²) in [6.45, 7) is 5.18. The Hall–Kier alpha value is -2.06. The van der Waals surface area contributed by atoms with E-state index in [1.165, 1.54) is 70.6 Å². The standard InChI is InChI=1S/C46H82NO7P/c1-6-8-10-12-14-16-18-20-22-24-25-27-29-31-33-35-37-39-46(48)54-45(44-53-55(49,50)52-42-40-47(3,4)5)43-51-41-38-36-34-32-30-28-26-23-21-19-17-15-13-11-9-7-2/h8,10,14,16,20-23,25,27,31,33,45H,6-7,9,11-13,15,17-19,24,26,28-30,32,34-44H2,1-5H3/b10-8-,16-14-,22-20-,23-21-,27-25-,33-31-. The van der Waals surface area contributed by atoms with Gasteiger partial charge in [0.25, 0.3) is 7.82 Å². The molecule has 0 rings (SSSR count). The second-order valence-corrected chi connectivity index (χ2v) is 16.7. The van der Waals surface area contributed by atoms with Crippen molar-refractivity contribution in [1.82, 2.24) is 0 Å². The summed E-state index contributed by atoms with van der Waals surface area (Å²) in [4.78, 5) is 25.0. The molecule has 318 valence electrons. The molecule has 0 aromatic heterocycles. The smallest absolute Gasteiger partial charge is 0.306 e. The predicted molar refractivity (Wildman–Crippen MR) is 231 cm³/mol. The molecule has 0 aromatic carbocycles. The SMILES string of the molecule is CC/C=C\C/C=C\C/C=C\C/C=C\C/C=C\CCCC(=O)OC(COCCCCCCCC/C=C\CCCCCCCC)COP(=O)([O-])OCC[N+](C)(C)C. The first-order chi connectivity index (χ1) is 26.6. The molecule has 55 heavy (non-hydrogen) atoms. The fourth-order valence-electron chi connectivity index (χ4n) is 5.40. The van der Waals surface area contributed by atoms with E-state index in [9.17, 15) is 14.3 Å². The first kappa shape index (κ1) is 52.9. The summed E-state index contributed by atoms with van der Waals surface area (Å²) in [5, 5.41) is 0. The number of unbranched alkanes of at least 4 members (excludes halogenated alkanes) is 13. The average Bonchev–Trinajstić information content (AvgIpc) is 3.13. The van der Waals surface area contributed by atoms with Crippen LogP contribution in [0.15, 0.2) is 72.9 Å². The molecule has 0 aliphatic rings. The molecule has 0 N–H and O–H groups in total. The van der Waals surface area contributed by atoms with Gasteiger partial charge in [-0.2, -0.15) is 0 Å². The molecule has 0 saturated heterocycles. The number of ether oxygens (including phenoxy) is 2. The second kappa shape index (κ2) is 38.8. The van der Waals surface area contributed by atoms with Gasteiger partial charge in [0.1, 0.15) is 19.3 Å². The number of rotatable bonds is 39. The van der Waals surface area contributed by atoms with Crippen LogP contribution in [0.25, 0.3) is 0 Å². The molecule has 0 saturated carbocycles. The van der Waals surface area contributed by atoms with Crippen LogP contribution in [0, 0.1) is 0 Å². The molecule has 0 fully saturated rings. The fourth-order valence-corrected chi connectivity index (χ4v) is 6.13. The quantitative estimate of drug-likeness (QED) is 0.0201. The highest BCUT2D eigenvalue weighted by molar-refractivity contribution is 7.45. The maximum atomic E-state index is 12.6. The van der Waals surface area contributed by atoms with E-state index in [1.807, 2.05) is 21.1 Å². The number of likely N-dealkylation sites (N-methyl/N-ethyl adjacent to an activating group) is 1. The lowest BCUT2D eigenvalue weighted by molar-refractivity contribution is -0.870. The fraction of sp³-hybridized carbons (Fsp3) is 0.717. The zero-order chi connectivity index (χ0) is 40.6. The third-order valence-electron chi connectivity index (χ3n) is 8.74. The van der Waals surface area contributed by atoms with Gasteiger partial charge in [0.2, 0.25) is 0 Å². The Labute approximate surface area is 338 Å². The van der Waals surface area contributed by atoms with Crippen LogP contribution in [0.5, 0.6) is 0 Å². The number of phosphoric acid groups is 1. The maximum absolute atomic E-state index is 12.6. The Morgan fingerprint density at radius 1 is 0.582 bits per heavy atom. The van der Waals surface area contributed by atoms with Gasteiger partial charge in [-0.05, 0) is 77.0 Å². The van der Waals surface area contributed by atoms with Crippen LogP contribution in [0.3, 0.4) is 0 Å². The van der Waals surface area contributed by atoms with Gasteiger partial charge >= 0.3 is 5.97 Å². The van der Waals surface area contributed by atoms with Gasteiger partial charge < -0.3 is 27.9 Å². The van der Waals surface area contributed by atoms with E-state index >= 15 is 0 Å². The summed E-state index contributed by atoms with van der Waals surface area (Å²) < 4.78 is 34.5. The summed E-state index contributed by atoms with van der Waals surface area (Å²) in [5.41, 5.74) is 0. The Bertz CT molecular complexity index is 1110. The van der Waals surface area contributed by atoms with Crippen LogP contribution in [0.1, 0.15) is 155 Å². The molecule has 9 heteroatoms. The van der Waals surface area contributed by atoms with Crippen molar-refractivity contribution in [2.75, 3.05) is 54.1 Å². The van der Waals surface area contributed by atoms with Gasteiger partial charge in [0, 0.05) is 13.0 Å². The molecular formula is C46H82NO7P. The molecule has 8 nitrogen and oxygen atoms in total. The normalized spacial score (nSPS) is 14.5. The van der Waals surface area contributed by atoms with Crippen molar-refractivity contribution in [1.29, 1.82) is 0 Å². The van der Waals surface area contributed by atoms with Crippen LogP contribution in [0.4, 0.5) is 0 Å². The molecule has 0 spiro atoms. The van der Waals surface area contributed by atoms with E-state index < -0.39 is 19.9 Å². The Morgan fingerprint density at radius 3 is 1.60 bits per heavy atom. The van der Waals surface area contributed by atoms with Gasteiger partial charge in [-0.1, -0.05) is 145 Å². The van der Waals surface area contributed by atoms with Crippen LogP contribution in [0.2, 0.25) is 0 Å². The Balaban J connectivity index is 4.37. The third-order valence-corrected chi connectivity index (χ3v) is 9.71. The molecule has 2 atom stereocenters. The minimum Gasteiger partial charge on any atom is -0.756 e. The van der Waals surface area contributed by atoms with E-state index in [1.54, 1.807) is 0 Å². The van der Waals surface area contributed by atoms with E-state index in [-0.39, 0.29) is 26.2 Å². The third kappa shape index (κ3) is 42.9. The predicted octanol–water partition coefficient (Wildman–Crippen LogP) is 12.1. The number of allylic oxidation sites excluding steroid dienone is 12. The summed E-state index contributed by atoms with van der Waals surface area (Å²) in [6.07, 6.45) is 49.2. The summed E-state index contributed by atoms with van der Waals surface area (Å²) in [6, 6.07) is 0. The topological polar surface area (TPSA) is 94.1 Å². The summed E-state index contributed by atoms with van der Waals surface area (Å²) in [7, 11) is 1.31. The van der Waals surface area contributed by atoms with Crippen LogP contribution < -0.4 is 4.89 Å². The van der Waals surface area contributed by atoms with Crippen molar-refractivity contribution in [2.24, 2.45) is 0 Å². The summed E-state index contributed by atoms with van der Waals surface area (Å²) in [5.74, 6) is -0.395. The molecule has 0 aliphatic heterocycles. The van der Waals surface area contributed by atoms with Crippen molar-refractivity contribution < 1.29 is 37.3 Å². The second-order valence-electron chi connectivity index (χ2n) is 15.3. The maximum Gasteiger partial charge on any atom is 0.306 e. The first-order valence-corrected chi connectivity index (χ1v) is 23.1. The zero-order valence-corrected chi connectivity index (χ0v) is 36.7. The van der Waals surface area contributed by atoms with Gasteiger partial charge in [0.05, 0.1) is 34.4 Å². The number of nitrogens with zero attached hydrogens (tertiary/aromatic N) is 1. The molecule has 0 bridgehead atoms. The highest BCUT2D eigenvalue weighted by Gasteiger charge is 2.20. The minimum atomic E-state index is -4.54. The van der Waals surface area contributed by atoms with Crippen LogP contribution >= 0.6 is 7.82 Å². The first-order valence-electron chi connectivity index (χ1n) is 21.7. The van der Waals surface area contributed by atoms with Gasteiger partial charge in [-0.15, -0.1) is 0 Å². The number of carbonyl (C=O) groups is 1. The number of esters is 1. The van der Waals surface area contributed by atoms with Crippen molar-refractivity contribution in [2.45, 2.75) is 161 Å². The number of hydrogen-bond acceptors (Lipinski definition) is 7. The van der Waals surface area contributed by atoms with E-state index in [0.717, 1.165) is 57.8 Å². The molecule has 0 aliphatic carbocycles. The monoisotopic (exact) mass is 792 g/mol. The van der Waals surface area contributed by atoms with Crippen LogP contribution in [-0.4, -0.2) is 70.7 Å². The number of hydrogen-bond donors (Lipinski definition) is 0. The number of carbonyl (C=O) groups excluding carboxylic acids is 1. The average molecular weight is 792 g/mol. The van der Waals surface area contributed by atoms with Gasteiger partial charge in [-0.25, -0.2) is 0 Å². The van der Waals surface area contributed by atoms with E-state index in [0.29, 0.717) is 24.1 Å². The number of quaternary nitrogens is 1. The molecule has 0 heterocycles. The largest absolute Gasteiger partial charge is 0.756 e. The molecule has 0 aromatic rings. The summed E-state index contributed by atoms with van der Waals surface area (Å²) >= 11 is 0. The lowest BCUT2D eigenvalue weighted by Crippen LogP contribution is -2.37. The van der Waals surface area contributed by atoms with E-state index in [2.05, 4.69) is 86.8 Å². The van der Waals surface area contributed by atoms with Crippen molar-refractivity contribution in [3.05, 3.63) is 72.9 Å². The highest BCUT2D eigenvalue weighted by atomic mass is 31.2. The highest BCUT2D eigenvalue weighted by Crippen LogP contribution is 2.38. The lowest BCUT2D eigenvalue weighted by Gasteiger charge is -2.28. The molecule has 2 unspecified atom stereocenters. The van der Waals surface area contributed by atoms with Crippen molar-refractivity contribution in [3.63, 3.8) is 0 Å². The molecule has 0 amide bonds. The van der Waals surface area contributed by atoms with Gasteiger partial charge in [-0.3, -0.25) is 9.36 Å². The zero-order valence-electron chi connectivity index (χ0n) is 35.8. The Kier molecular flexibility index (Phi) is 37.3. The van der Waals surface area contributed by atoms with Crippen molar-refractivity contribution >= 4 is 13.8 Å². The molecule has 0 radical (unpaired) electrons. The Morgan fingerprint density at radius 2 is 1.05 bits per heavy atom. The molecular weight excluding hydrogens is 709 g/mol. The van der Waals surface area contributed by atoms with E-state index in [4.69, 9.17) is 18.5 Å². The minimum absolute atomic E-state index is 0.0109. The lowest BCUT2D eigenvalue weighted by atomic mass is 10.1.